The summed E-state index contributed by atoms with van der Waals surface area (Å²) < 4.78 is 12.2. The molecule has 0 radical (unpaired) electrons. The fraction of sp³-hybridized carbons (Fsp3) is 0.125. The molecule has 0 saturated heterocycles. The van der Waals surface area contributed by atoms with Crippen LogP contribution in [0.25, 0.3) is 0 Å². The van der Waals surface area contributed by atoms with Crippen LogP contribution >= 0.6 is 50.7 Å². The summed E-state index contributed by atoms with van der Waals surface area (Å²) in [6, 6.07) is 11.0. The van der Waals surface area contributed by atoms with E-state index in [4.69, 9.17) is 44.3 Å². The van der Waals surface area contributed by atoms with Gasteiger partial charge in [-0.1, -0.05) is 47.0 Å². The molecule has 0 aromatic heterocycles. The highest BCUT2D eigenvalue weighted by atomic mass is 79.9. The summed E-state index contributed by atoms with van der Waals surface area (Å²) in [6.07, 6.45) is 3.74. The third-order valence-corrected chi connectivity index (χ3v) is 8.24. The standard InChI is InChI=1S/C32H24BrCl3O8/c33-22-13-24(38)16-2-4-20(35)8-18-9-21(37)12-28(42)31(18)44-30-11-17(25(39)14-23(30)36)1-3-19(34)5-15-6-26(40)32(27(41)7-15)43-29(22)10-16/h3-4,6-7,9-14,37-42H,1-2,5,8H2. The molecule has 4 aromatic carbocycles. The van der Waals surface area contributed by atoms with Gasteiger partial charge in [0.15, 0.2) is 23.0 Å². The maximum absolute atomic E-state index is 10.7. The maximum atomic E-state index is 10.7. The van der Waals surface area contributed by atoms with E-state index in [9.17, 15) is 30.6 Å². The van der Waals surface area contributed by atoms with Gasteiger partial charge in [0.2, 0.25) is 5.75 Å². The minimum Gasteiger partial charge on any atom is -0.508 e. The van der Waals surface area contributed by atoms with E-state index >= 15 is 0 Å². The molecule has 0 fully saturated rings. The molecule has 2 aliphatic rings. The predicted octanol–water partition coefficient (Wildman–Crippen LogP) is 9.05. The highest BCUT2D eigenvalue weighted by Crippen LogP contribution is 2.45. The van der Waals surface area contributed by atoms with Crippen LogP contribution in [-0.4, -0.2) is 30.6 Å². The Kier molecular flexibility index (Phi) is 9.31. The van der Waals surface area contributed by atoms with Crippen LogP contribution in [0.4, 0.5) is 0 Å². The Balaban J connectivity index is 1.63. The lowest BCUT2D eigenvalue weighted by Gasteiger charge is -2.16. The molecule has 44 heavy (non-hydrogen) atoms. The summed E-state index contributed by atoms with van der Waals surface area (Å²) in [7, 11) is 0. The van der Waals surface area contributed by atoms with Crippen LogP contribution < -0.4 is 9.47 Å². The van der Waals surface area contributed by atoms with Crippen LogP contribution in [0.5, 0.6) is 57.5 Å². The molecule has 6 N–H and O–H groups in total. The smallest absolute Gasteiger partial charge is 0.210 e. The molecule has 228 valence electrons. The molecule has 12 heteroatoms. The zero-order chi connectivity index (χ0) is 31.7. The van der Waals surface area contributed by atoms with Crippen molar-refractivity contribution in [2.24, 2.45) is 0 Å². The summed E-state index contributed by atoms with van der Waals surface area (Å²) in [5.74, 6) is -1.33. The predicted molar refractivity (Wildman–Crippen MR) is 171 cm³/mol. The van der Waals surface area contributed by atoms with E-state index in [1.165, 1.54) is 42.5 Å². The second kappa shape index (κ2) is 13.0. The van der Waals surface area contributed by atoms with Crippen LogP contribution in [0, 0.1) is 0 Å². The molecular formula is C32H24BrCl3O8. The second-order valence-corrected chi connectivity index (χ2v) is 12.2. The Hall–Kier alpha value is -3.89. The molecule has 2 aliphatic heterocycles. The number of rotatable bonds is 0. The molecule has 6 rings (SSSR count). The topological polar surface area (TPSA) is 140 Å². The van der Waals surface area contributed by atoms with Crippen LogP contribution in [0.15, 0.2) is 75.2 Å². The normalized spacial score (nSPS) is 13.8. The number of aromatic hydroxyl groups is 6. The number of hydrogen-bond acceptors (Lipinski definition) is 8. The summed E-state index contributed by atoms with van der Waals surface area (Å²) >= 11 is 22.8. The number of hydrogen-bond donors (Lipinski definition) is 6. The molecule has 0 aliphatic carbocycles. The summed E-state index contributed by atoms with van der Waals surface area (Å²) in [4.78, 5) is 0. The first-order chi connectivity index (χ1) is 20.9. The highest BCUT2D eigenvalue weighted by molar-refractivity contribution is 9.10. The quantitative estimate of drug-likeness (QED) is 0.106. The zero-order valence-electron chi connectivity index (χ0n) is 22.6. The van der Waals surface area contributed by atoms with Gasteiger partial charge in [-0.2, -0.15) is 0 Å². The van der Waals surface area contributed by atoms with E-state index in [-0.39, 0.29) is 93.2 Å². The lowest BCUT2D eigenvalue weighted by Crippen LogP contribution is -1.97. The van der Waals surface area contributed by atoms with Crippen molar-refractivity contribution in [1.29, 1.82) is 0 Å². The Morgan fingerprint density at radius 2 is 1.09 bits per heavy atom. The molecule has 0 saturated carbocycles. The molecule has 8 nitrogen and oxygen atoms in total. The molecule has 6 bridgehead atoms. The van der Waals surface area contributed by atoms with Crippen molar-refractivity contribution in [3.63, 3.8) is 0 Å². The van der Waals surface area contributed by atoms with Crippen molar-refractivity contribution in [3.05, 3.63) is 102 Å². The van der Waals surface area contributed by atoms with Crippen molar-refractivity contribution in [2.75, 3.05) is 0 Å². The van der Waals surface area contributed by atoms with Crippen LogP contribution in [-0.2, 0) is 25.7 Å². The Morgan fingerprint density at radius 3 is 1.75 bits per heavy atom. The SMILES string of the molecule is Oc1cc(O)c2c(c1)CC(Cl)=CCc1cc(c(Br)cc1O)Oc1c(O)cc(cc1O)CC(Cl)=CCc1cc(c(Cl)cc1O)O2. The van der Waals surface area contributed by atoms with Crippen LogP contribution in [0.2, 0.25) is 5.02 Å². The van der Waals surface area contributed by atoms with Crippen LogP contribution in [0.3, 0.4) is 0 Å². The summed E-state index contributed by atoms with van der Waals surface area (Å²) in [6.45, 7) is 0. The monoisotopic (exact) mass is 720 g/mol. The van der Waals surface area contributed by atoms with Crippen molar-refractivity contribution < 1.29 is 40.1 Å². The van der Waals surface area contributed by atoms with E-state index in [0.29, 0.717) is 31.8 Å². The second-order valence-electron chi connectivity index (χ2n) is 10.0. The first kappa shape index (κ1) is 31.5. The minimum absolute atomic E-state index is 0.00609. The van der Waals surface area contributed by atoms with Gasteiger partial charge in [0.05, 0.1) is 9.50 Å². The van der Waals surface area contributed by atoms with Gasteiger partial charge in [-0.25, -0.2) is 0 Å². The molecule has 0 spiro atoms. The summed E-state index contributed by atoms with van der Waals surface area (Å²) in [5.41, 5.74) is 1.64. The number of benzene rings is 4. The third-order valence-electron chi connectivity index (χ3n) is 6.75. The number of halogens is 4. The van der Waals surface area contributed by atoms with Gasteiger partial charge in [0.1, 0.15) is 28.7 Å². The average Bonchev–Trinajstić information content (AvgIpc) is 2.93. The van der Waals surface area contributed by atoms with Crippen molar-refractivity contribution in [3.8, 4) is 57.5 Å². The Bertz CT molecular complexity index is 1810. The fourth-order valence-corrected chi connectivity index (χ4v) is 5.66. The molecule has 0 amide bonds. The van der Waals surface area contributed by atoms with Gasteiger partial charge in [-0.15, -0.1) is 0 Å². The molecule has 0 unspecified atom stereocenters. The molecule has 0 atom stereocenters. The number of allylic oxidation sites excluding steroid dienone is 4. The van der Waals surface area contributed by atoms with E-state index in [0.717, 1.165) is 6.07 Å². The van der Waals surface area contributed by atoms with Crippen molar-refractivity contribution in [1.82, 2.24) is 0 Å². The number of phenols is 6. The van der Waals surface area contributed by atoms with E-state index in [2.05, 4.69) is 15.9 Å². The number of fused-ring (bicyclic) bond motifs is 6. The van der Waals surface area contributed by atoms with Gasteiger partial charge >= 0.3 is 0 Å². The minimum atomic E-state index is -0.364. The maximum Gasteiger partial charge on any atom is 0.210 e. The lowest BCUT2D eigenvalue weighted by atomic mass is 10.1. The zero-order valence-corrected chi connectivity index (χ0v) is 26.5. The van der Waals surface area contributed by atoms with Gasteiger partial charge in [0.25, 0.3) is 0 Å². The largest absolute Gasteiger partial charge is 0.508 e. The first-order valence-corrected chi connectivity index (χ1v) is 15.0. The van der Waals surface area contributed by atoms with Gasteiger partial charge in [-0.3, -0.25) is 0 Å². The Morgan fingerprint density at radius 1 is 0.545 bits per heavy atom. The molecule has 4 aromatic rings. The fourth-order valence-electron chi connectivity index (χ4n) is 4.60. The highest BCUT2D eigenvalue weighted by Gasteiger charge is 2.19. The van der Waals surface area contributed by atoms with E-state index < -0.39 is 0 Å². The number of phenolic OH excluding ortho intramolecular Hbond substituents is 6. The first-order valence-electron chi connectivity index (χ1n) is 13.0. The average molecular weight is 723 g/mol. The molecular weight excluding hydrogens is 699 g/mol. The lowest BCUT2D eigenvalue weighted by molar-refractivity contribution is 0.373. The van der Waals surface area contributed by atoms with Gasteiger partial charge in [0, 0.05) is 51.7 Å². The Labute approximate surface area is 275 Å². The third kappa shape index (κ3) is 7.08. The van der Waals surface area contributed by atoms with Gasteiger partial charge < -0.3 is 40.1 Å². The molecule has 2 heterocycles. The van der Waals surface area contributed by atoms with Crippen LogP contribution in [0.1, 0.15) is 22.3 Å². The van der Waals surface area contributed by atoms with E-state index in [1.54, 1.807) is 12.2 Å². The summed E-state index contributed by atoms with van der Waals surface area (Å²) in [5, 5.41) is 64.0. The van der Waals surface area contributed by atoms with E-state index in [1.807, 2.05) is 0 Å². The van der Waals surface area contributed by atoms with Crippen molar-refractivity contribution in [2.45, 2.75) is 25.7 Å². The number of ether oxygens (including phenoxy) is 2. The van der Waals surface area contributed by atoms with Gasteiger partial charge in [-0.05, 0) is 70.7 Å². The van der Waals surface area contributed by atoms with Crippen molar-refractivity contribution >= 4 is 50.7 Å².